The van der Waals surface area contributed by atoms with Crippen LogP contribution in [0.2, 0.25) is 0 Å². The molecule has 24 heavy (non-hydrogen) atoms. The van der Waals surface area contributed by atoms with Gasteiger partial charge >= 0.3 is 0 Å². The highest BCUT2D eigenvalue weighted by atomic mass is 79.9. The first-order valence-electron chi connectivity index (χ1n) is 6.52. The number of hydrogen-bond donors (Lipinski definition) is 2. The summed E-state index contributed by atoms with van der Waals surface area (Å²) < 4.78 is 5.99. The van der Waals surface area contributed by atoms with E-state index in [0.29, 0.717) is 27.5 Å². The van der Waals surface area contributed by atoms with Crippen LogP contribution in [-0.4, -0.2) is 41.0 Å². The molecule has 1 aliphatic rings. The monoisotopic (exact) mass is 413 g/mol. The Kier molecular flexibility index (Phi) is 5.62. The summed E-state index contributed by atoms with van der Waals surface area (Å²) in [7, 11) is 0. The molecule has 0 unspecified atom stereocenters. The van der Waals surface area contributed by atoms with Gasteiger partial charge in [0, 0.05) is 10.0 Å². The molecule has 126 valence electrons. The first-order chi connectivity index (χ1) is 11.3. The predicted octanol–water partition coefficient (Wildman–Crippen LogP) is 0.835. The molecule has 0 aliphatic carbocycles. The highest BCUT2D eigenvalue weighted by Crippen LogP contribution is 2.34. The lowest BCUT2D eigenvalue weighted by atomic mass is 10.2. The van der Waals surface area contributed by atoms with Gasteiger partial charge in [0.05, 0.1) is 4.91 Å². The number of amides is 4. The molecule has 0 spiro atoms. The maximum atomic E-state index is 12.2. The maximum Gasteiger partial charge on any atom is 0.294 e. The first-order valence-corrected chi connectivity index (χ1v) is 8.13. The van der Waals surface area contributed by atoms with E-state index in [1.165, 1.54) is 6.08 Å². The Bertz CT molecular complexity index is 765. The summed E-state index contributed by atoms with van der Waals surface area (Å²) >= 11 is 3.98. The van der Waals surface area contributed by atoms with Crippen molar-refractivity contribution in [3.8, 4) is 5.75 Å². The van der Waals surface area contributed by atoms with Gasteiger partial charge in [0.25, 0.3) is 17.1 Å². The number of carbonyl (C=O) groups excluding carboxylic acids is 4. The van der Waals surface area contributed by atoms with Gasteiger partial charge in [-0.15, -0.1) is 0 Å². The summed E-state index contributed by atoms with van der Waals surface area (Å²) in [5.74, 6) is -1.74. The molecule has 0 atom stereocenters. The third-order valence-corrected chi connectivity index (χ3v) is 4.22. The molecule has 0 saturated carbocycles. The van der Waals surface area contributed by atoms with E-state index < -0.39 is 29.5 Å². The van der Waals surface area contributed by atoms with E-state index in [1.54, 1.807) is 18.2 Å². The molecule has 1 aliphatic heterocycles. The second-order valence-corrected chi connectivity index (χ2v) is 6.58. The molecule has 0 bridgehead atoms. The standard InChI is InChI=1S/C14H12BrN3O5S/c15-8-1-2-9(23-6-12(17)20)7(3-8)4-10-13(21)18(5-11(16)19)14(22)24-10/h1-4H,5-6H2,(H2,16,19)(H2,17,20)/b10-4-. The molecular formula is C14H12BrN3O5S. The largest absolute Gasteiger partial charge is 0.483 e. The zero-order chi connectivity index (χ0) is 17.9. The fraction of sp³-hybridized carbons (Fsp3) is 0.143. The van der Waals surface area contributed by atoms with Crippen LogP contribution in [0.15, 0.2) is 27.6 Å². The summed E-state index contributed by atoms with van der Waals surface area (Å²) in [4.78, 5) is 46.7. The third-order valence-electron chi connectivity index (χ3n) is 2.82. The second-order valence-electron chi connectivity index (χ2n) is 4.67. The molecule has 2 rings (SSSR count). The number of imide groups is 1. The van der Waals surface area contributed by atoms with Crippen molar-refractivity contribution in [2.24, 2.45) is 11.5 Å². The fourth-order valence-electron chi connectivity index (χ4n) is 1.85. The van der Waals surface area contributed by atoms with Gasteiger partial charge in [0.1, 0.15) is 12.3 Å². The number of nitrogens with zero attached hydrogens (tertiary/aromatic N) is 1. The summed E-state index contributed by atoms with van der Waals surface area (Å²) in [6, 6.07) is 4.93. The average Bonchev–Trinajstić information content (AvgIpc) is 2.73. The van der Waals surface area contributed by atoms with Gasteiger partial charge in [-0.3, -0.25) is 24.1 Å². The van der Waals surface area contributed by atoms with Crippen molar-refractivity contribution in [3.63, 3.8) is 0 Å². The van der Waals surface area contributed by atoms with E-state index in [9.17, 15) is 19.2 Å². The average molecular weight is 414 g/mol. The Morgan fingerprint density at radius 1 is 1.25 bits per heavy atom. The molecule has 1 saturated heterocycles. The van der Waals surface area contributed by atoms with Crippen LogP contribution in [0.3, 0.4) is 0 Å². The molecule has 1 aromatic rings. The number of halogens is 1. The Morgan fingerprint density at radius 3 is 2.58 bits per heavy atom. The van der Waals surface area contributed by atoms with Crippen LogP contribution in [0.25, 0.3) is 6.08 Å². The van der Waals surface area contributed by atoms with Crippen molar-refractivity contribution in [2.45, 2.75) is 0 Å². The van der Waals surface area contributed by atoms with Crippen LogP contribution < -0.4 is 16.2 Å². The van der Waals surface area contributed by atoms with Crippen LogP contribution in [-0.2, 0) is 14.4 Å². The maximum absolute atomic E-state index is 12.2. The van der Waals surface area contributed by atoms with Gasteiger partial charge < -0.3 is 16.2 Å². The van der Waals surface area contributed by atoms with Gasteiger partial charge in [-0.05, 0) is 36.0 Å². The van der Waals surface area contributed by atoms with E-state index in [-0.39, 0.29) is 11.5 Å². The summed E-state index contributed by atoms with van der Waals surface area (Å²) in [5.41, 5.74) is 10.5. The van der Waals surface area contributed by atoms with E-state index in [1.807, 2.05) is 0 Å². The van der Waals surface area contributed by atoms with Crippen molar-refractivity contribution >= 4 is 56.7 Å². The van der Waals surface area contributed by atoms with Crippen molar-refractivity contribution in [3.05, 3.63) is 33.1 Å². The normalized spacial score (nSPS) is 15.9. The number of ether oxygens (including phenoxy) is 1. The molecular weight excluding hydrogens is 402 g/mol. The van der Waals surface area contributed by atoms with Crippen LogP contribution in [0.1, 0.15) is 5.56 Å². The minimum absolute atomic E-state index is 0.114. The Labute approximate surface area is 149 Å². The highest BCUT2D eigenvalue weighted by molar-refractivity contribution is 9.10. The molecule has 1 fully saturated rings. The van der Waals surface area contributed by atoms with Crippen molar-refractivity contribution in [2.75, 3.05) is 13.2 Å². The van der Waals surface area contributed by atoms with Gasteiger partial charge in [-0.25, -0.2) is 0 Å². The Morgan fingerprint density at radius 2 is 1.96 bits per heavy atom. The van der Waals surface area contributed by atoms with Crippen LogP contribution in [0.5, 0.6) is 5.75 Å². The van der Waals surface area contributed by atoms with Gasteiger partial charge in [0.15, 0.2) is 6.61 Å². The predicted molar refractivity (Wildman–Crippen MR) is 90.7 cm³/mol. The molecule has 1 heterocycles. The zero-order valence-electron chi connectivity index (χ0n) is 12.2. The molecule has 8 nitrogen and oxygen atoms in total. The van der Waals surface area contributed by atoms with E-state index in [2.05, 4.69) is 15.9 Å². The summed E-state index contributed by atoms with van der Waals surface area (Å²) in [6.45, 7) is -0.808. The Balaban J connectivity index is 2.32. The number of rotatable bonds is 6. The Hall–Kier alpha value is -2.33. The number of nitrogens with two attached hydrogens (primary N) is 2. The van der Waals surface area contributed by atoms with E-state index >= 15 is 0 Å². The van der Waals surface area contributed by atoms with Crippen LogP contribution in [0, 0.1) is 0 Å². The minimum Gasteiger partial charge on any atom is -0.483 e. The molecule has 4 amide bonds. The van der Waals surface area contributed by atoms with Crippen molar-refractivity contribution in [1.82, 2.24) is 4.90 Å². The summed E-state index contributed by atoms with van der Waals surface area (Å²) in [6.07, 6.45) is 1.44. The van der Waals surface area contributed by atoms with Gasteiger partial charge in [-0.2, -0.15) is 0 Å². The lowest BCUT2D eigenvalue weighted by Gasteiger charge is -2.09. The quantitative estimate of drug-likeness (QED) is 0.663. The number of primary amides is 2. The minimum atomic E-state index is -0.786. The third kappa shape index (κ3) is 4.36. The molecule has 10 heteroatoms. The molecule has 0 aromatic heterocycles. The van der Waals surface area contributed by atoms with Gasteiger partial charge in [0.2, 0.25) is 5.91 Å². The lowest BCUT2D eigenvalue weighted by Crippen LogP contribution is -2.36. The molecule has 0 radical (unpaired) electrons. The second kappa shape index (κ2) is 7.49. The topological polar surface area (TPSA) is 133 Å². The van der Waals surface area contributed by atoms with Crippen LogP contribution in [0.4, 0.5) is 4.79 Å². The van der Waals surface area contributed by atoms with Gasteiger partial charge in [-0.1, -0.05) is 15.9 Å². The SMILES string of the molecule is NC(=O)COc1ccc(Br)cc1/C=C1\SC(=O)N(CC(N)=O)C1=O. The van der Waals surface area contributed by atoms with E-state index in [4.69, 9.17) is 16.2 Å². The fourth-order valence-corrected chi connectivity index (χ4v) is 3.05. The van der Waals surface area contributed by atoms with Crippen LogP contribution >= 0.6 is 27.7 Å². The zero-order valence-corrected chi connectivity index (χ0v) is 14.6. The van der Waals surface area contributed by atoms with E-state index in [0.717, 1.165) is 4.90 Å². The lowest BCUT2D eigenvalue weighted by molar-refractivity contribution is -0.127. The molecule has 4 N–H and O–H groups in total. The number of carbonyl (C=O) groups is 4. The number of thioether (sulfide) groups is 1. The van der Waals surface area contributed by atoms with Crippen molar-refractivity contribution < 1.29 is 23.9 Å². The molecule has 1 aromatic carbocycles. The summed E-state index contributed by atoms with van der Waals surface area (Å²) in [5, 5.41) is -0.584. The smallest absolute Gasteiger partial charge is 0.294 e. The number of hydrogen-bond acceptors (Lipinski definition) is 6. The first kappa shape index (κ1) is 18.0. The van der Waals surface area contributed by atoms with Crippen molar-refractivity contribution in [1.29, 1.82) is 0 Å². The number of benzene rings is 1. The highest BCUT2D eigenvalue weighted by Gasteiger charge is 2.36.